The lowest BCUT2D eigenvalue weighted by molar-refractivity contribution is 0.505. The lowest BCUT2D eigenvalue weighted by Crippen LogP contribution is -2.21. The zero-order valence-corrected chi connectivity index (χ0v) is 22.9. The van der Waals surface area contributed by atoms with Gasteiger partial charge in [-0.15, -0.1) is 0 Å². The fourth-order valence-corrected chi connectivity index (χ4v) is 7.93. The highest BCUT2D eigenvalue weighted by molar-refractivity contribution is 5.41. The summed E-state index contributed by atoms with van der Waals surface area (Å²) < 4.78 is 0. The van der Waals surface area contributed by atoms with Crippen LogP contribution in [0.25, 0.3) is 0 Å². The van der Waals surface area contributed by atoms with Crippen molar-refractivity contribution >= 4 is 0 Å². The van der Waals surface area contributed by atoms with E-state index in [0.717, 1.165) is 0 Å². The summed E-state index contributed by atoms with van der Waals surface area (Å²) in [5, 5.41) is 0. The summed E-state index contributed by atoms with van der Waals surface area (Å²) in [5.41, 5.74) is 8.13. The minimum absolute atomic E-state index is 0.293. The molecule has 2 aliphatic rings. The van der Waals surface area contributed by atoms with Crippen LogP contribution in [-0.4, -0.2) is 9.97 Å². The Morgan fingerprint density at radius 2 is 0.600 bits per heavy atom. The van der Waals surface area contributed by atoms with Crippen molar-refractivity contribution in [1.82, 2.24) is 9.97 Å². The van der Waals surface area contributed by atoms with E-state index in [1.54, 1.807) is 0 Å². The van der Waals surface area contributed by atoms with Crippen molar-refractivity contribution in [2.75, 3.05) is 0 Å². The zero-order chi connectivity index (χ0) is 26.7. The Bertz CT molecular complexity index is 1300. The summed E-state index contributed by atoms with van der Waals surface area (Å²) in [6.45, 7) is 0. The molecule has 198 valence electrons. The third kappa shape index (κ3) is 4.66. The van der Waals surface area contributed by atoms with Gasteiger partial charge in [0, 0.05) is 24.2 Å². The first kappa shape index (κ1) is 25.0. The molecule has 2 nitrogen and oxygen atoms in total. The van der Waals surface area contributed by atoms with E-state index in [1.165, 1.54) is 59.3 Å². The number of hydrogen-bond acceptors (Lipinski definition) is 2. The molecular formula is C38H36N2. The fourth-order valence-electron chi connectivity index (χ4n) is 7.93. The van der Waals surface area contributed by atoms with Gasteiger partial charge in [-0.1, -0.05) is 121 Å². The average molecular weight is 521 g/mol. The highest BCUT2D eigenvalue weighted by Gasteiger charge is 2.46. The molecule has 0 aliphatic heterocycles. The van der Waals surface area contributed by atoms with E-state index >= 15 is 0 Å². The van der Waals surface area contributed by atoms with Crippen molar-refractivity contribution in [3.63, 3.8) is 0 Å². The number of aromatic nitrogens is 2. The second-order valence-electron chi connectivity index (χ2n) is 11.6. The molecule has 40 heavy (non-hydrogen) atoms. The lowest BCUT2D eigenvalue weighted by Gasteiger charge is -2.32. The first-order chi connectivity index (χ1) is 19.9. The Balaban J connectivity index is 1.39. The normalized spacial score (nSPS) is 26.1. The standard InChI is InChI=1S/C38H36N2/c1-5-13-27(14-6-1)31-21-22-32(28-15-7-2-8-16-28)35(31)37-38(40-26-25-39-37)36-33(29-17-9-3-10-18-29)23-24-34(36)30-19-11-4-12-20-30/h1-20,25-26,31-36H,21-24H2/t31-,32?,33-,34?,35?,36?/m1/s1. The van der Waals surface area contributed by atoms with Crippen molar-refractivity contribution in [2.45, 2.75) is 61.2 Å². The van der Waals surface area contributed by atoms with Gasteiger partial charge in [0.1, 0.15) is 0 Å². The predicted octanol–water partition coefficient (Wildman–Crippen LogP) is 9.37. The van der Waals surface area contributed by atoms with Gasteiger partial charge >= 0.3 is 0 Å². The van der Waals surface area contributed by atoms with E-state index in [0.29, 0.717) is 35.5 Å². The van der Waals surface area contributed by atoms with Crippen LogP contribution in [0.5, 0.6) is 0 Å². The highest BCUT2D eigenvalue weighted by atomic mass is 14.8. The minimum atomic E-state index is 0.293. The summed E-state index contributed by atoms with van der Waals surface area (Å²) >= 11 is 0. The van der Waals surface area contributed by atoms with Crippen molar-refractivity contribution in [3.8, 4) is 0 Å². The monoisotopic (exact) mass is 520 g/mol. The van der Waals surface area contributed by atoms with Crippen LogP contribution in [0, 0.1) is 0 Å². The molecule has 6 atom stereocenters. The SMILES string of the molecule is c1ccc(C2CC[C@H](c3ccccc3)C2c2nccnc2C2C(c3ccccc3)CC[C@@H]2c2ccccc2)cc1. The molecule has 2 fully saturated rings. The van der Waals surface area contributed by atoms with Gasteiger partial charge in [-0.25, -0.2) is 0 Å². The van der Waals surface area contributed by atoms with Gasteiger partial charge in [0.15, 0.2) is 0 Å². The summed E-state index contributed by atoms with van der Waals surface area (Å²) in [7, 11) is 0. The predicted molar refractivity (Wildman–Crippen MR) is 163 cm³/mol. The van der Waals surface area contributed by atoms with Crippen molar-refractivity contribution < 1.29 is 0 Å². The van der Waals surface area contributed by atoms with Gasteiger partial charge in [0.2, 0.25) is 0 Å². The molecule has 7 rings (SSSR count). The van der Waals surface area contributed by atoms with E-state index in [2.05, 4.69) is 121 Å². The molecule has 2 saturated carbocycles. The van der Waals surface area contributed by atoms with Crippen LogP contribution < -0.4 is 0 Å². The van der Waals surface area contributed by atoms with Crippen molar-refractivity contribution in [1.29, 1.82) is 0 Å². The van der Waals surface area contributed by atoms with Gasteiger partial charge in [0.25, 0.3) is 0 Å². The Hall–Kier alpha value is -4.04. The average Bonchev–Trinajstić information content (AvgIpc) is 3.68. The summed E-state index contributed by atoms with van der Waals surface area (Å²) in [4.78, 5) is 10.5. The number of hydrogen-bond donors (Lipinski definition) is 0. The molecule has 2 heteroatoms. The first-order valence-electron chi connectivity index (χ1n) is 14.9. The molecule has 2 aliphatic carbocycles. The summed E-state index contributed by atoms with van der Waals surface area (Å²) in [6, 6.07) is 44.5. The Kier molecular flexibility index (Phi) is 7.00. The van der Waals surface area contributed by atoms with Crippen molar-refractivity contribution in [2.24, 2.45) is 0 Å². The number of nitrogens with zero attached hydrogens (tertiary/aromatic N) is 2. The van der Waals surface area contributed by atoms with Crippen LogP contribution in [0.3, 0.4) is 0 Å². The molecule has 4 unspecified atom stereocenters. The van der Waals surface area contributed by atoms with Gasteiger partial charge in [-0.3, -0.25) is 9.97 Å². The zero-order valence-electron chi connectivity index (χ0n) is 22.9. The van der Waals surface area contributed by atoms with Crippen LogP contribution in [0.2, 0.25) is 0 Å². The Morgan fingerprint density at radius 1 is 0.350 bits per heavy atom. The molecule has 1 aromatic heterocycles. The van der Waals surface area contributed by atoms with Crippen LogP contribution in [0.4, 0.5) is 0 Å². The lowest BCUT2D eigenvalue weighted by atomic mass is 9.74. The van der Waals surface area contributed by atoms with Gasteiger partial charge < -0.3 is 0 Å². The van der Waals surface area contributed by atoms with Gasteiger partial charge in [-0.05, 0) is 71.6 Å². The molecule has 0 saturated heterocycles. The second kappa shape index (κ2) is 11.2. The maximum absolute atomic E-state index is 5.25. The Labute approximate surface area is 238 Å². The van der Waals surface area contributed by atoms with Crippen LogP contribution in [0.15, 0.2) is 134 Å². The smallest absolute Gasteiger partial charge is 0.0665 e. The van der Waals surface area contributed by atoms with Crippen LogP contribution in [-0.2, 0) is 0 Å². The molecular weight excluding hydrogens is 484 g/mol. The van der Waals surface area contributed by atoms with Crippen LogP contribution in [0.1, 0.15) is 94.8 Å². The molecule has 0 bridgehead atoms. The molecule has 5 aromatic rings. The third-order valence-corrected chi connectivity index (χ3v) is 9.61. The van der Waals surface area contributed by atoms with E-state index < -0.39 is 0 Å². The van der Waals surface area contributed by atoms with Crippen LogP contribution >= 0.6 is 0 Å². The quantitative estimate of drug-likeness (QED) is 0.223. The minimum Gasteiger partial charge on any atom is -0.257 e. The molecule has 4 aromatic carbocycles. The maximum atomic E-state index is 5.25. The number of benzene rings is 4. The summed E-state index contributed by atoms with van der Waals surface area (Å²) in [6.07, 6.45) is 8.53. The fraction of sp³-hybridized carbons (Fsp3) is 0.263. The summed E-state index contributed by atoms with van der Waals surface area (Å²) in [5.74, 6) is 2.29. The van der Waals surface area contributed by atoms with E-state index in [4.69, 9.17) is 9.97 Å². The van der Waals surface area contributed by atoms with Gasteiger partial charge in [-0.2, -0.15) is 0 Å². The maximum Gasteiger partial charge on any atom is 0.0665 e. The first-order valence-corrected chi connectivity index (χ1v) is 14.9. The largest absolute Gasteiger partial charge is 0.257 e. The highest BCUT2D eigenvalue weighted by Crippen LogP contribution is 2.58. The molecule has 1 heterocycles. The third-order valence-electron chi connectivity index (χ3n) is 9.61. The molecule has 0 amide bonds. The van der Waals surface area contributed by atoms with E-state index in [9.17, 15) is 0 Å². The van der Waals surface area contributed by atoms with Gasteiger partial charge in [0.05, 0.1) is 11.4 Å². The van der Waals surface area contributed by atoms with E-state index in [1.807, 2.05) is 12.4 Å². The second-order valence-corrected chi connectivity index (χ2v) is 11.6. The molecule has 0 N–H and O–H groups in total. The van der Waals surface area contributed by atoms with E-state index in [-0.39, 0.29) is 0 Å². The molecule has 0 radical (unpaired) electrons. The van der Waals surface area contributed by atoms with Crippen molar-refractivity contribution in [3.05, 3.63) is 167 Å². The molecule has 0 spiro atoms. The number of rotatable bonds is 6. The topological polar surface area (TPSA) is 25.8 Å². The Morgan fingerprint density at radius 3 is 0.850 bits per heavy atom.